The van der Waals surface area contributed by atoms with Gasteiger partial charge in [-0.2, -0.15) is 4.80 Å². The van der Waals surface area contributed by atoms with E-state index in [0.717, 1.165) is 28.7 Å². The first-order valence-corrected chi connectivity index (χ1v) is 11.6. The molecule has 0 fully saturated rings. The monoisotopic (exact) mass is 473 g/mol. The maximum atomic E-state index is 12.7. The SMILES string of the molecule is CCCCc1ccc(-n2nc3ccc(NC(=S)NC(=O)c4cccc(C)c4OC)cc3n2)cc1. The number of carbonyl (C=O) groups is 1. The van der Waals surface area contributed by atoms with Gasteiger partial charge >= 0.3 is 0 Å². The zero-order valence-electron chi connectivity index (χ0n) is 19.5. The van der Waals surface area contributed by atoms with Gasteiger partial charge in [-0.15, -0.1) is 10.2 Å². The largest absolute Gasteiger partial charge is 0.496 e. The van der Waals surface area contributed by atoms with Crippen molar-refractivity contribution in [2.75, 3.05) is 12.4 Å². The highest BCUT2D eigenvalue weighted by atomic mass is 32.1. The molecule has 1 heterocycles. The number of rotatable bonds is 7. The number of ether oxygens (including phenoxy) is 1. The molecule has 1 aromatic heterocycles. The lowest BCUT2D eigenvalue weighted by Crippen LogP contribution is -2.34. The molecule has 0 aliphatic heterocycles. The van der Waals surface area contributed by atoms with E-state index in [4.69, 9.17) is 17.0 Å². The van der Waals surface area contributed by atoms with Crippen molar-refractivity contribution in [1.82, 2.24) is 20.3 Å². The van der Waals surface area contributed by atoms with Gasteiger partial charge in [0.15, 0.2) is 5.11 Å². The van der Waals surface area contributed by atoms with E-state index < -0.39 is 0 Å². The average Bonchev–Trinajstić information content (AvgIpc) is 3.26. The van der Waals surface area contributed by atoms with E-state index in [2.05, 4.69) is 39.9 Å². The van der Waals surface area contributed by atoms with Gasteiger partial charge < -0.3 is 10.1 Å². The molecule has 0 unspecified atom stereocenters. The second-order valence-electron chi connectivity index (χ2n) is 8.03. The standard InChI is InChI=1S/C26H27N5O2S/c1-4-5-8-18-10-13-20(14-11-18)31-29-22-15-12-19(16-23(22)30-31)27-26(34)28-25(32)21-9-6-7-17(2)24(21)33-3/h6-7,9-16H,4-5,8H2,1-3H3,(H2,27,28,32,34). The van der Waals surface area contributed by atoms with Crippen molar-refractivity contribution in [2.45, 2.75) is 33.1 Å². The van der Waals surface area contributed by atoms with Gasteiger partial charge in [-0.05, 0) is 79.5 Å². The van der Waals surface area contributed by atoms with Gasteiger partial charge in [0.05, 0.1) is 18.4 Å². The number of aryl methyl sites for hydroxylation is 2. The van der Waals surface area contributed by atoms with Gasteiger partial charge in [0.1, 0.15) is 16.8 Å². The number of thiocarbonyl (C=S) groups is 1. The highest BCUT2D eigenvalue weighted by molar-refractivity contribution is 7.80. The molecule has 3 aromatic carbocycles. The van der Waals surface area contributed by atoms with E-state index in [1.807, 2.05) is 43.3 Å². The lowest BCUT2D eigenvalue weighted by molar-refractivity contribution is 0.0974. The number of hydrogen-bond donors (Lipinski definition) is 2. The van der Waals surface area contributed by atoms with E-state index >= 15 is 0 Å². The minimum absolute atomic E-state index is 0.183. The van der Waals surface area contributed by atoms with Crippen LogP contribution >= 0.6 is 12.2 Å². The number of benzene rings is 3. The number of fused-ring (bicyclic) bond motifs is 1. The second-order valence-corrected chi connectivity index (χ2v) is 8.44. The van der Waals surface area contributed by atoms with Gasteiger partial charge in [0.2, 0.25) is 0 Å². The Balaban J connectivity index is 1.45. The molecule has 34 heavy (non-hydrogen) atoms. The predicted molar refractivity (Wildman–Crippen MR) is 139 cm³/mol. The summed E-state index contributed by atoms with van der Waals surface area (Å²) in [6.07, 6.45) is 3.44. The van der Waals surface area contributed by atoms with Crippen LogP contribution in [0.15, 0.2) is 60.7 Å². The number of nitrogens with one attached hydrogen (secondary N) is 2. The van der Waals surface area contributed by atoms with Crippen LogP contribution in [0.2, 0.25) is 0 Å². The van der Waals surface area contributed by atoms with Crippen LogP contribution in [0.4, 0.5) is 5.69 Å². The van der Waals surface area contributed by atoms with Crippen molar-refractivity contribution in [1.29, 1.82) is 0 Å². The Kier molecular flexibility index (Phi) is 7.18. The fraction of sp³-hybridized carbons (Fsp3) is 0.231. The molecule has 4 rings (SSSR count). The van der Waals surface area contributed by atoms with Crippen LogP contribution in [-0.4, -0.2) is 33.1 Å². The zero-order chi connectivity index (χ0) is 24.1. The van der Waals surface area contributed by atoms with Gasteiger partial charge in [-0.3, -0.25) is 10.1 Å². The maximum absolute atomic E-state index is 12.7. The number of hydrogen-bond acceptors (Lipinski definition) is 5. The van der Waals surface area contributed by atoms with Crippen molar-refractivity contribution in [3.63, 3.8) is 0 Å². The Hall–Kier alpha value is -3.78. The smallest absolute Gasteiger partial charge is 0.261 e. The zero-order valence-corrected chi connectivity index (χ0v) is 20.3. The van der Waals surface area contributed by atoms with Crippen LogP contribution in [0.3, 0.4) is 0 Å². The fourth-order valence-corrected chi connectivity index (χ4v) is 3.93. The molecule has 0 aliphatic rings. The normalized spacial score (nSPS) is 10.8. The summed E-state index contributed by atoms with van der Waals surface area (Å²) < 4.78 is 5.37. The summed E-state index contributed by atoms with van der Waals surface area (Å²) in [5.74, 6) is 0.187. The summed E-state index contributed by atoms with van der Waals surface area (Å²) in [5, 5.41) is 15.1. The third-order valence-corrected chi connectivity index (χ3v) is 5.72. The molecule has 8 heteroatoms. The molecule has 1 amide bonds. The van der Waals surface area contributed by atoms with Crippen molar-refractivity contribution in [3.8, 4) is 11.4 Å². The maximum Gasteiger partial charge on any atom is 0.261 e. The molecule has 0 spiro atoms. The minimum Gasteiger partial charge on any atom is -0.496 e. The summed E-state index contributed by atoms with van der Waals surface area (Å²) in [6.45, 7) is 4.08. The summed E-state index contributed by atoms with van der Waals surface area (Å²) in [5.41, 5.74) is 5.70. The van der Waals surface area contributed by atoms with Crippen LogP contribution in [0, 0.1) is 6.92 Å². The Morgan fingerprint density at radius 2 is 1.82 bits per heavy atom. The molecule has 0 saturated heterocycles. The Morgan fingerprint density at radius 3 is 2.56 bits per heavy atom. The van der Waals surface area contributed by atoms with Gasteiger partial charge in [0.25, 0.3) is 5.91 Å². The topological polar surface area (TPSA) is 81.1 Å². The number of unbranched alkanes of at least 4 members (excludes halogenated alkanes) is 1. The average molecular weight is 474 g/mol. The number of aromatic nitrogens is 3. The number of carbonyl (C=O) groups excluding carboxylic acids is 1. The minimum atomic E-state index is -0.340. The van der Waals surface area contributed by atoms with E-state index in [0.29, 0.717) is 17.0 Å². The first-order valence-electron chi connectivity index (χ1n) is 11.2. The number of anilines is 1. The van der Waals surface area contributed by atoms with Crippen molar-refractivity contribution < 1.29 is 9.53 Å². The van der Waals surface area contributed by atoms with Crippen LogP contribution < -0.4 is 15.4 Å². The lowest BCUT2D eigenvalue weighted by Gasteiger charge is -2.13. The molecule has 0 bridgehead atoms. The lowest BCUT2D eigenvalue weighted by atomic mass is 10.1. The van der Waals surface area contributed by atoms with E-state index in [9.17, 15) is 4.79 Å². The quantitative estimate of drug-likeness (QED) is 0.359. The van der Waals surface area contributed by atoms with Crippen molar-refractivity contribution in [3.05, 3.63) is 77.4 Å². The number of methoxy groups -OCH3 is 1. The predicted octanol–water partition coefficient (Wildman–Crippen LogP) is 5.21. The van der Waals surface area contributed by atoms with Gasteiger partial charge in [-0.25, -0.2) is 0 Å². The molecule has 2 N–H and O–H groups in total. The fourth-order valence-electron chi connectivity index (χ4n) is 3.72. The highest BCUT2D eigenvalue weighted by Crippen LogP contribution is 2.23. The van der Waals surface area contributed by atoms with Crippen molar-refractivity contribution in [2.24, 2.45) is 0 Å². The molecule has 174 valence electrons. The van der Waals surface area contributed by atoms with Gasteiger partial charge in [-0.1, -0.05) is 37.6 Å². The molecule has 0 radical (unpaired) electrons. The van der Waals surface area contributed by atoms with Crippen LogP contribution in [0.25, 0.3) is 16.7 Å². The number of amides is 1. The highest BCUT2D eigenvalue weighted by Gasteiger charge is 2.15. The molecule has 4 aromatic rings. The van der Waals surface area contributed by atoms with E-state index in [1.54, 1.807) is 24.0 Å². The van der Waals surface area contributed by atoms with Crippen LogP contribution in [-0.2, 0) is 6.42 Å². The van der Waals surface area contributed by atoms with Crippen LogP contribution in [0.5, 0.6) is 5.75 Å². The van der Waals surface area contributed by atoms with E-state index in [1.165, 1.54) is 18.4 Å². The Morgan fingerprint density at radius 1 is 1.06 bits per heavy atom. The molecule has 0 atom stereocenters. The summed E-state index contributed by atoms with van der Waals surface area (Å²) >= 11 is 5.35. The van der Waals surface area contributed by atoms with E-state index in [-0.39, 0.29) is 11.0 Å². The second kappa shape index (κ2) is 10.4. The first kappa shape index (κ1) is 23.4. The van der Waals surface area contributed by atoms with Crippen molar-refractivity contribution >= 4 is 40.0 Å². The molecular formula is C26H27N5O2S. The summed E-state index contributed by atoms with van der Waals surface area (Å²) in [6, 6.07) is 19.3. The number of para-hydroxylation sites is 1. The summed E-state index contributed by atoms with van der Waals surface area (Å²) in [4.78, 5) is 14.3. The van der Waals surface area contributed by atoms with Crippen LogP contribution in [0.1, 0.15) is 41.3 Å². The Labute approximate surface area is 204 Å². The molecule has 0 aliphatic carbocycles. The van der Waals surface area contributed by atoms with Gasteiger partial charge in [0, 0.05) is 5.69 Å². The Bertz CT molecular complexity index is 1330. The molecule has 7 nitrogen and oxygen atoms in total. The molecular weight excluding hydrogens is 446 g/mol. The third kappa shape index (κ3) is 5.23. The summed E-state index contributed by atoms with van der Waals surface area (Å²) in [7, 11) is 1.54. The molecule has 0 saturated carbocycles. The third-order valence-electron chi connectivity index (χ3n) is 5.51. The number of nitrogens with zero attached hydrogens (tertiary/aromatic N) is 3. The first-order chi connectivity index (χ1) is 16.5.